The van der Waals surface area contributed by atoms with Gasteiger partial charge in [0.25, 0.3) is 0 Å². The summed E-state index contributed by atoms with van der Waals surface area (Å²) in [6, 6.07) is 4.87. The molecule has 1 saturated heterocycles. The predicted octanol–water partition coefficient (Wildman–Crippen LogP) is 1.18. The quantitative estimate of drug-likeness (QED) is 0.846. The Balaban J connectivity index is 1.72. The Morgan fingerprint density at radius 2 is 1.95 bits per heavy atom. The fourth-order valence-corrected chi connectivity index (χ4v) is 2.76. The number of aromatic nitrogens is 1. The molecule has 0 bridgehead atoms. The highest BCUT2D eigenvalue weighted by Crippen LogP contribution is 2.26. The second kappa shape index (κ2) is 6.08. The molecule has 5 nitrogen and oxygen atoms in total. The molecule has 20 heavy (non-hydrogen) atoms. The summed E-state index contributed by atoms with van der Waals surface area (Å²) in [6.45, 7) is 2.56. The van der Waals surface area contributed by atoms with Crippen LogP contribution in [0.2, 0.25) is 0 Å². The van der Waals surface area contributed by atoms with Crippen molar-refractivity contribution in [1.29, 1.82) is 0 Å². The summed E-state index contributed by atoms with van der Waals surface area (Å²) >= 11 is 0. The Labute approximate surface area is 120 Å². The van der Waals surface area contributed by atoms with E-state index in [2.05, 4.69) is 21.3 Å². The zero-order valence-electron chi connectivity index (χ0n) is 12.2. The first-order valence-corrected chi connectivity index (χ1v) is 7.29. The predicted molar refractivity (Wildman–Crippen MR) is 77.9 cm³/mol. The number of pyridine rings is 1. The summed E-state index contributed by atoms with van der Waals surface area (Å²) in [5.41, 5.74) is 1.26. The van der Waals surface area contributed by atoms with Crippen LogP contribution in [0.15, 0.2) is 18.3 Å². The minimum absolute atomic E-state index is 0.117. The van der Waals surface area contributed by atoms with Gasteiger partial charge in [0.05, 0.1) is 0 Å². The molecule has 2 fully saturated rings. The molecule has 2 heterocycles. The van der Waals surface area contributed by atoms with E-state index in [1.807, 2.05) is 12.3 Å². The van der Waals surface area contributed by atoms with Crippen molar-refractivity contribution < 1.29 is 9.47 Å². The SMILES string of the molecule is COC1CN(c2ncccc2CNC2CC2)CC1OC. The minimum atomic E-state index is 0.117. The maximum atomic E-state index is 5.50. The zero-order chi connectivity index (χ0) is 13.9. The van der Waals surface area contributed by atoms with Gasteiger partial charge in [0.1, 0.15) is 18.0 Å². The Morgan fingerprint density at radius 3 is 2.55 bits per heavy atom. The summed E-state index contributed by atoms with van der Waals surface area (Å²) < 4.78 is 11.0. The molecule has 3 rings (SSSR count). The van der Waals surface area contributed by atoms with Crippen molar-refractivity contribution in [3.63, 3.8) is 0 Å². The summed E-state index contributed by atoms with van der Waals surface area (Å²) in [5, 5.41) is 3.56. The van der Waals surface area contributed by atoms with Crippen molar-refractivity contribution in [2.75, 3.05) is 32.2 Å². The minimum Gasteiger partial charge on any atom is -0.377 e. The molecule has 0 radical (unpaired) electrons. The van der Waals surface area contributed by atoms with Crippen LogP contribution in [-0.4, -0.2) is 50.5 Å². The van der Waals surface area contributed by atoms with Crippen molar-refractivity contribution in [1.82, 2.24) is 10.3 Å². The van der Waals surface area contributed by atoms with E-state index in [9.17, 15) is 0 Å². The van der Waals surface area contributed by atoms with E-state index in [0.29, 0.717) is 6.04 Å². The van der Waals surface area contributed by atoms with E-state index in [1.54, 1.807) is 14.2 Å². The van der Waals surface area contributed by atoms with Gasteiger partial charge in [-0.3, -0.25) is 0 Å². The number of rotatable bonds is 6. The molecule has 2 aliphatic rings. The highest BCUT2D eigenvalue weighted by Gasteiger charge is 2.34. The van der Waals surface area contributed by atoms with Crippen LogP contribution >= 0.6 is 0 Å². The van der Waals surface area contributed by atoms with Crippen LogP contribution in [0.1, 0.15) is 18.4 Å². The Morgan fingerprint density at radius 1 is 1.25 bits per heavy atom. The van der Waals surface area contributed by atoms with Crippen LogP contribution < -0.4 is 10.2 Å². The number of anilines is 1. The summed E-state index contributed by atoms with van der Waals surface area (Å²) in [5.74, 6) is 1.06. The number of nitrogens with zero attached hydrogens (tertiary/aromatic N) is 2. The van der Waals surface area contributed by atoms with Crippen LogP contribution in [0, 0.1) is 0 Å². The first kappa shape index (κ1) is 13.8. The maximum absolute atomic E-state index is 5.50. The fraction of sp³-hybridized carbons (Fsp3) is 0.667. The van der Waals surface area contributed by atoms with E-state index >= 15 is 0 Å². The summed E-state index contributed by atoms with van der Waals surface area (Å²) in [6.07, 6.45) is 4.70. The summed E-state index contributed by atoms with van der Waals surface area (Å²) in [4.78, 5) is 6.84. The molecule has 1 aliphatic heterocycles. The molecule has 110 valence electrons. The number of hydrogen-bond donors (Lipinski definition) is 1. The van der Waals surface area contributed by atoms with E-state index in [-0.39, 0.29) is 12.2 Å². The van der Waals surface area contributed by atoms with E-state index in [4.69, 9.17) is 9.47 Å². The molecule has 5 heteroatoms. The molecule has 0 amide bonds. The average molecular weight is 277 g/mol. The van der Waals surface area contributed by atoms with Gasteiger partial charge in [-0.2, -0.15) is 0 Å². The topological polar surface area (TPSA) is 46.6 Å². The Hall–Kier alpha value is -1.17. The smallest absolute Gasteiger partial charge is 0.133 e. The Bertz CT molecular complexity index is 438. The van der Waals surface area contributed by atoms with Crippen molar-refractivity contribution >= 4 is 5.82 Å². The second-order valence-electron chi connectivity index (χ2n) is 5.59. The third-order valence-corrected chi connectivity index (χ3v) is 4.15. The fourth-order valence-electron chi connectivity index (χ4n) is 2.76. The molecule has 1 aliphatic carbocycles. The lowest BCUT2D eigenvalue weighted by atomic mass is 10.2. The van der Waals surface area contributed by atoms with Gasteiger partial charge in [0.2, 0.25) is 0 Å². The molecule has 0 aromatic carbocycles. The monoisotopic (exact) mass is 277 g/mol. The molecule has 0 spiro atoms. The van der Waals surface area contributed by atoms with Crippen molar-refractivity contribution in [3.8, 4) is 0 Å². The molecule has 2 atom stereocenters. The zero-order valence-corrected chi connectivity index (χ0v) is 12.2. The molecule has 2 unspecified atom stereocenters. The van der Waals surface area contributed by atoms with Crippen LogP contribution in [0.5, 0.6) is 0 Å². The maximum Gasteiger partial charge on any atom is 0.133 e. The third-order valence-electron chi connectivity index (χ3n) is 4.15. The van der Waals surface area contributed by atoms with Gasteiger partial charge >= 0.3 is 0 Å². The summed E-state index contributed by atoms with van der Waals surface area (Å²) in [7, 11) is 3.49. The lowest BCUT2D eigenvalue weighted by Gasteiger charge is -2.20. The highest BCUT2D eigenvalue weighted by atomic mass is 16.5. The van der Waals surface area contributed by atoms with Gasteiger partial charge in [-0.05, 0) is 18.9 Å². The molecular weight excluding hydrogens is 254 g/mol. The largest absolute Gasteiger partial charge is 0.377 e. The average Bonchev–Trinajstić information content (AvgIpc) is 3.23. The third kappa shape index (κ3) is 2.95. The van der Waals surface area contributed by atoms with Crippen molar-refractivity contribution in [3.05, 3.63) is 23.9 Å². The molecule has 1 saturated carbocycles. The van der Waals surface area contributed by atoms with Crippen LogP contribution in [-0.2, 0) is 16.0 Å². The highest BCUT2D eigenvalue weighted by molar-refractivity contribution is 5.48. The lowest BCUT2D eigenvalue weighted by Crippen LogP contribution is -2.27. The number of ether oxygens (including phenoxy) is 2. The van der Waals surface area contributed by atoms with Crippen molar-refractivity contribution in [2.45, 2.75) is 37.6 Å². The Kier molecular flexibility index (Phi) is 4.19. The van der Waals surface area contributed by atoms with Gasteiger partial charge in [0.15, 0.2) is 0 Å². The van der Waals surface area contributed by atoms with E-state index < -0.39 is 0 Å². The van der Waals surface area contributed by atoms with Gasteiger partial charge < -0.3 is 19.7 Å². The van der Waals surface area contributed by atoms with Gasteiger partial charge in [0, 0.05) is 51.7 Å². The second-order valence-corrected chi connectivity index (χ2v) is 5.59. The molecule has 1 aromatic heterocycles. The first-order chi connectivity index (χ1) is 9.81. The standard InChI is InChI=1S/C15H23N3O2/c1-19-13-9-18(10-14(13)20-2)15-11(4-3-7-16-15)8-17-12-5-6-12/h3-4,7,12-14,17H,5-6,8-10H2,1-2H3. The van der Waals surface area contributed by atoms with Crippen LogP contribution in [0.25, 0.3) is 0 Å². The lowest BCUT2D eigenvalue weighted by molar-refractivity contribution is -0.00461. The van der Waals surface area contributed by atoms with E-state index in [1.165, 1.54) is 18.4 Å². The van der Waals surface area contributed by atoms with Gasteiger partial charge in [-0.1, -0.05) is 6.07 Å². The molecule has 1 N–H and O–H groups in total. The number of hydrogen-bond acceptors (Lipinski definition) is 5. The number of methoxy groups -OCH3 is 2. The molecule has 1 aromatic rings. The molecular formula is C15H23N3O2. The van der Waals surface area contributed by atoms with Crippen molar-refractivity contribution in [2.24, 2.45) is 0 Å². The normalized spacial score (nSPS) is 26.2. The number of nitrogens with one attached hydrogen (secondary N) is 1. The van der Waals surface area contributed by atoms with Crippen LogP contribution in [0.3, 0.4) is 0 Å². The first-order valence-electron chi connectivity index (χ1n) is 7.29. The van der Waals surface area contributed by atoms with E-state index in [0.717, 1.165) is 25.5 Å². The van der Waals surface area contributed by atoms with Gasteiger partial charge in [-0.25, -0.2) is 4.98 Å². The van der Waals surface area contributed by atoms with Gasteiger partial charge in [-0.15, -0.1) is 0 Å². The van der Waals surface area contributed by atoms with Crippen LogP contribution in [0.4, 0.5) is 5.82 Å².